The number of nitrogens with zero attached hydrogens (tertiary/aromatic N) is 4. The average Bonchev–Trinajstić information content (AvgIpc) is 3.48. The Bertz CT molecular complexity index is 2350. The molecule has 348 valence electrons. The molecule has 7 rings (SSSR count). The summed E-state index contributed by atoms with van der Waals surface area (Å²) >= 11 is 1.45. The van der Waals surface area contributed by atoms with Crippen LogP contribution < -0.4 is 30.7 Å². The van der Waals surface area contributed by atoms with Crippen LogP contribution in [0.5, 0.6) is 11.5 Å². The van der Waals surface area contributed by atoms with Crippen LogP contribution in [0.4, 0.5) is 9.93 Å². The van der Waals surface area contributed by atoms with Gasteiger partial charge in [-0.25, -0.2) is 32.3 Å². The summed E-state index contributed by atoms with van der Waals surface area (Å²) in [5.41, 5.74) is 0.255. The highest BCUT2D eigenvalue weighted by molar-refractivity contribution is 7.89. The number of sulfonamides is 1. The monoisotopic (exact) mass is 922 g/mol. The van der Waals surface area contributed by atoms with E-state index in [9.17, 15) is 32.7 Å². The van der Waals surface area contributed by atoms with Crippen molar-refractivity contribution in [2.75, 3.05) is 32.6 Å². The Morgan fingerprint density at radius 3 is 2.53 bits per heavy atom. The lowest BCUT2D eigenvalue weighted by Gasteiger charge is -2.37. The number of carbonyl (C=O) groups excluding carboxylic acids is 3. The summed E-state index contributed by atoms with van der Waals surface area (Å²) in [6.07, 6.45) is 9.12. The quantitative estimate of drug-likeness (QED) is 0.126. The first-order valence-corrected chi connectivity index (χ1v) is 24.8. The van der Waals surface area contributed by atoms with Crippen molar-refractivity contribution < 1.29 is 42.2 Å². The molecule has 0 bridgehead atoms. The van der Waals surface area contributed by atoms with Crippen LogP contribution in [0.1, 0.15) is 91.9 Å². The van der Waals surface area contributed by atoms with E-state index in [0.29, 0.717) is 46.6 Å². The van der Waals surface area contributed by atoms with E-state index < -0.39 is 74.8 Å². The number of allylic oxidation sites excluding steroid dienone is 1. The SMILES string of the molecule is COc1ccc2c(O[C@@H]3C[C@H]4C(=O)N[C@]5(C(=O)O)CC5C=CCCCCC[C@H](NC(=O)N[C@H](CN(C)S(=O)(=O)C(C)C)C5CCC5)C(=O)N4C3)cc(-c3csc(NC(C)C)n3)nc2c1. The molecule has 4 amide bonds. The van der Waals surface area contributed by atoms with E-state index >= 15 is 0 Å². The Morgan fingerprint density at radius 2 is 1.84 bits per heavy atom. The van der Waals surface area contributed by atoms with Gasteiger partial charge in [0.05, 0.1) is 30.1 Å². The Balaban J connectivity index is 1.18. The second kappa shape index (κ2) is 19.6. The lowest BCUT2D eigenvalue weighted by Crippen LogP contribution is -2.59. The number of methoxy groups -OCH3 is 1. The van der Waals surface area contributed by atoms with Gasteiger partial charge in [0, 0.05) is 60.9 Å². The van der Waals surface area contributed by atoms with Gasteiger partial charge >= 0.3 is 12.0 Å². The first-order chi connectivity index (χ1) is 30.5. The number of thiazole rings is 1. The van der Waals surface area contributed by atoms with Crippen LogP contribution in [0.25, 0.3) is 22.3 Å². The highest BCUT2D eigenvalue weighted by atomic mass is 32.2. The van der Waals surface area contributed by atoms with Crippen LogP contribution in [0, 0.1) is 11.8 Å². The second-order valence-corrected chi connectivity index (χ2v) is 21.6. The fraction of sp³-hybridized carbons (Fsp3) is 0.600. The first kappa shape index (κ1) is 47.0. The number of aliphatic carboxylic acids is 1. The maximum Gasteiger partial charge on any atom is 0.330 e. The summed E-state index contributed by atoms with van der Waals surface area (Å²) in [7, 11) is -0.501. The van der Waals surface area contributed by atoms with E-state index in [0.717, 1.165) is 37.2 Å². The van der Waals surface area contributed by atoms with Crippen molar-refractivity contribution in [2.24, 2.45) is 11.8 Å². The third-order valence-electron chi connectivity index (χ3n) is 12.9. The van der Waals surface area contributed by atoms with Gasteiger partial charge in [-0.1, -0.05) is 31.4 Å². The minimum absolute atomic E-state index is 0.0306. The number of carboxylic acid groups (broad SMARTS) is 1. The van der Waals surface area contributed by atoms with E-state index in [4.69, 9.17) is 19.4 Å². The molecule has 64 heavy (non-hydrogen) atoms. The molecular formula is C45H62N8O9S2. The predicted molar refractivity (Wildman–Crippen MR) is 245 cm³/mol. The van der Waals surface area contributed by atoms with E-state index in [1.165, 1.54) is 27.6 Å². The zero-order chi connectivity index (χ0) is 45.9. The van der Waals surface area contributed by atoms with Crippen LogP contribution >= 0.6 is 11.3 Å². The smallest absolute Gasteiger partial charge is 0.330 e. The highest BCUT2D eigenvalue weighted by Gasteiger charge is 2.61. The number of likely N-dealkylation sites (N-methyl/N-ethyl adjacent to an activating group) is 1. The molecule has 19 heteroatoms. The standard InChI is InChI=1S/C45H62N8O9S2/c1-26(2)46-44-50-37(25-63-44)35-21-39(32-18-17-30(61-6)19-34(32)47-35)62-31-20-38-40(54)51-45(42(56)57)22-29(45)15-10-8-7-9-11-16-33(41(55)53(38)23-31)48-43(58)49-36(28-13-12-14-28)24-52(5)64(59,60)27(3)4/h10,15,17-19,21,25-29,31,33,36,38H,7-9,11-14,16,20,22-24H2,1-6H3,(H,46,50)(H,51,54)(H,56,57)(H2,48,49,58)/t29?,31-,33+,36-,38+,45-/m1/s1. The number of rotatable bonds is 14. The van der Waals surface area contributed by atoms with Gasteiger partial charge in [0.25, 0.3) is 0 Å². The van der Waals surface area contributed by atoms with Gasteiger partial charge < -0.3 is 40.7 Å². The lowest BCUT2D eigenvalue weighted by atomic mass is 9.79. The van der Waals surface area contributed by atoms with Crippen LogP contribution in [-0.2, 0) is 24.4 Å². The predicted octanol–water partition coefficient (Wildman–Crippen LogP) is 5.52. The van der Waals surface area contributed by atoms with Gasteiger partial charge in [-0.3, -0.25) is 9.59 Å². The molecule has 6 atom stereocenters. The largest absolute Gasteiger partial charge is 0.497 e. The zero-order valence-corrected chi connectivity index (χ0v) is 39.1. The number of aromatic nitrogens is 2. The van der Waals surface area contributed by atoms with E-state index in [1.54, 1.807) is 39.2 Å². The zero-order valence-electron chi connectivity index (χ0n) is 37.5. The summed E-state index contributed by atoms with van der Waals surface area (Å²) in [6, 6.07) is 4.13. The van der Waals surface area contributed by atoms with Crippen molar-refractivity contribution >= 4 is 61.2 Å². The van der Waals surface area contributed by atoms with E-state index in [2.05, 4.69) is 21.3 Å². The molecule has 1 aromatic carbocycles. The molecule has 2 aromatic heterocycles. The summed E-state index contributed by atoms with van der Waals surface area (Å²) in [6.45, 7) is 7.34. The highest BCUT2D eigenvalue weighted by Crippen LogP contribution is 2.46. The Morgan fingerprint density at radius 1 is 1.06 bits per heavy atom. The minimum Gasteiger partial charge on any atom is -0.497 e. The number of ether oxygens (including phenoxy) is 2. The molecule has 1 saturated heterocycles. The van der Waals surface area contributed by atoms with Gasteiger partial charge in [-0.05, 0) is 84.3 Å². The Hall–Kier alpha value is -5.01. The maximum absolute atomic E-state index is 14.9. The molecule has 0 spiro atoms. The number of carboxylic acids is 1. The van der Waals surface area contributed by atoms with Crippen molar-refractivity contribution in [3.63, 3.8) is 0 Å². The Kier molecular flexibility index (Phi) is 14.4. The third kappa shape index (κ3) is 10.4. The summed E-state index contributed by atoms with van der Waals surface area (Å²) in [5, 5.41) is 25.1. The number of urea groups is 1. The van der Waals surface area contributed by atoms with Crippen LogP contribution in [-0.4, -0.2) is 125 Å². The average molecular weight is 923 g/mol. The summed E-state index contributed by atoms with van der Waals surface area (Å²) in [4.78, 5) is 67.0. The second-order valence-electron chi connectivity index (χ2n) is 18.2. The molecule has 5 N–H and O–H groups in total. The van der Waals surface area contributed by atoms with Gasteiger partial charge in [0.2, 0.25) is 21.8 Å². The topological polar surface area (TPSA) is 221 Å². The lowest BCUT2D eigenvalue weighted by molar-refractivity contribution is -0.145. The van der Waals surface area contributed by atoms with Gasteiger partial charge in [0.1, 0.15) is 40.9 Å². The molecule has 0 radical (unpaired) electrons. The van der Waals surface area contributed by atoms with Gasteiger partial charge in [-0.15, -0.1) is 11.3 Å². The molecule has 2 saturated carbocycles. The molecule has 1 unspecified atom stereocenters. The number of carbonyl (C=O) groups is 4. The van der Waals surface area contributed by atoms with Crippen molar-refractivity contribution in [1.82, 2.24) is 35.1 Å². The van der Waals surface area contributed by atoms with Crippen LogP contribution in [0.15, 0.2) is 41.8 Å². The van der Waals surface area contributed by atoms with Crippen LogP contribution in [0.3, 0.4) is 0 Å². The fourth-order valence-electron chi connectivity index (χ4n) is 8.83. The summed E-state index contributed by atoms with van der Waals surface area (Å²) < 4.78 is 39.6. The molecule has 2 aliphatic carbocycles. The number of nitrogens with one attached hydrogen (secondary N) is 4. The number of amides is 4. The van der Waals surface area contributed by atoms with Gasteiger partial charge in [0.15, 0.2) is 5.13 Å². The number of pyridine rings is 1. The molecule has 17 nitrogen and oxygen atoms in total. The molecule has 4 aliphatic rings. The summed E-state index contributed by atoms with van der Waals surface area (Å²) in [5.74, 6) is -1.54. The maximum atomic E-state index is 14.9. The number of hydrogen-bond donors (Lipinski definition) is 5. The van der Waals surface area contributed by atoms with Crippen LogP contribution in [0.2, 0.25) is 0 Å². The normalized spacial score (nSPS) is 24.9. The van der Waals surface area contributed by atoms with Gasteiger partial charge in [-0.2, -0.15) is 0 Å². The third-order valence-corrected chi connectivity index (χ3v) is 15.9. The molecule has 2 aliphatic heterocycles. The van der Waals surface area contributed by atoms with Crippen molar-refractivity contribution in [3.8, 4) is 22.9 Å². The van der Waals surface area contributed by atoms with Crippen molar-refractivity contribution in [2.45, 2.75) is 133 Å². The van der Waals surface area contributed by atoms with E-state index in [1.807, 2.05) is 37.4 Å². The fourth-order valence-corrected chi connectivity index (χ4v) is 10.8. The van der Waals surface area contributed by atoms with Crippen molar-refractivity contribution in [3.05, 3.63) is 41.8 Å². The Labute approximate surface area is 379 Å². The number of benzene rings is 1. The molecule has 3 aromatic rings. The minimum atomic E-state index is -3.59. The first-order valence-electron chi connectivity index (χ1n) is 22.4. The number of anilines is 1. The molecule has 4 heterocycles. The van der Waals surface area contributed by atoms with Crippen molar-refractivity contribution in [1.29, 1.82) is 0 Å². The molecule has 3 fully saturated rings. The molecular weight excluding hydrogens is 861 g/mol. The number of fused-ring (bicyclic) bond motifs is 3. The van der Waals surface area contributed by atoms with E-state index in [-0.39, 0.29) is 44.3 Å². The number of hydrogen-bond acceptors (Lipinski definition) is 12.